The van der Waals surface area contributed by atoms with Crippen LogP contribution in [0.25, 0.3) is 83.6 Å². The van der Waals surface area contributed by atoms with Crippen LogP contribution in [0.3, 0.4) is 0 Å². The highest BCUT2D eigenvalue weighted by molar-refractivity contribution is 6.12. The zero-order valence-corrected chi connectivity index (χ0v) is 43.6. The van der Waals surface area contributed by atoms with Crippen molar-refractivity contribution in [2.24, 2.45) is 0 Å². The molecule has 8 heteroatoms. The second-order valence-corrected chi connectivity index (χ2v) is 19.6. The number of hydrogen-bond acceptors (Lipinski definition) is 7. The molecule has 0 spiro atoms. The van der Waals surface area contributed by atoms with Crippen molar-refractivity contribution < 1.29 is 0 Å². The molecule has 13 aromatic rings. The standard InChI is InChI=1S/C73H46N8/c74-47-50-21-25-54(26-22-50)69-46-70(78-73(77-69)56-27-23-51(48-75)24-28-56)55-31-29-53(30-32-55)66-40-35-57(43-58(66)49-76)52-33-36-63(37-34-52)81-71-41-38-64(79(59-13-5-1-6-14-59)60-15-7-2-8-16-60)44-67(71)68-45-65(39-42-72(68)81)80(61-17-9-3-10-18-61)62-19-11-4-12-20-62/h1-46H. The number of aromatic nitrogens is 3. The number of benzene rings is 11. The molecule has 0 aliphatic carbocycles. The van der Waals surface area contributed by atoms with Gasteiger partial charge in [-0.3, -0.25) is 0 Å². The van der Waals surface area contributed by atoms with E-state index in [1.807, 2.05) is 66.7 Å². The molecule has 81 heavy (non-hydrogen) atoms. The van der Waals surface area contributed by atoms with Crippen LogP contribution < -0.4 is 9.80 Å². The van der Waals surface area contributed by atoms with Crippen molar-refractivity contribution in [3.8, 4) is 80.1 Å². The van der Waals surface area contributed by atoms with Crippen LogP contribution in [-0.4, -0.2) is 14.5 Å². The zero-order valence-electron chi connectivity index (χ0n) is 43.6. The average Bonchev–Trinajstić information content (AvgIpc) is 3.98. The van der Waals surface area contributed by atoms with E-state index in [2.05, 4.69) is 221 Å². The van der Waals surface area contributed by atoms with Gasteiger partial charge in [-0.05, 0) is 168 Å². The van der Waals surface area contributed by atoms with Gasteiger partial charge in [0.1, 0.15) is 0 Å². The summed E-state index contributed by atoms with van der Waals surface area (Å²) in [6, 6.07) is 102. The summed E-state index contributed by atoms with van der Waals surface area (Å²) in [5, 5.41) is 31.7. The molecule has 0 fully saturated rings. The van der Waals surface area contributed by atoms with Crippen molar-refractivity contribution in [2.75, 3.05) is 9.80 Å². The molecule has 0 saturated carbocycles. The highest BCUT2D eigenvalue weighted by Gasteiger charge is 2.21. The number of para-hydroxylation sites is 4. The minimum absolute atomic E-state index is 0.512. The summed E-state index contributed by atoms with van der Waals surface area (Å²) < 4.78 is 2.35. The Labute approximate surface area is 469 Å². The molecular weight excluding hydrogens is 989 g/mol. The Morgan fingerprint density at radius 3 is 1.14 bits per heavy atom. The molecule has 11 aromatic carbocycles. The Bertz CT molecular complexity index is 4260. The number of fused-ring (bicyclic) bond motifs is 3. The fourth-order valence-electron chi connectivity index (χ4n) is 10.7. The third-order valence-corrected chi connectivity index (χ3v) is 14.7. The van der Waals surface area contributed by atoms with E-state index >= 15 is 0 Å². The Hall–Kier alpha value is -11.6. The van der Waals surface area contributed by atoms with Gasteiger partial charge in [0.2, 0.25) is 0 Å². The van der Waals surface area contributed by atoms with Gasteiger partial charge >= 0.3 is 0 Å². The number of rotatable bonds is 12. The van der Waals surface area contributed by atoms with Crippen LogP contribution >= 0.6 is 0 Å². The fraction of sp³-hybridized carbons (Fsp3) is 0. The first-order valence-electron chi connectivity index (χ1n) is 26.5. The van der Waals surface area contributed by atoms with Crippen molar-refractivity contribution in [3.05, 3.63) is 296 Å². The van der Waals surface area contributed by atoms with Gasteiger partial charge < -0.3 is 14.4 Å². The Kier molecular flexibility index (Phi) is 12.9. The summed E-state index contributed by atoms with van der Waals surface area (Å²) in [6.45, 7) is 0. The van der Waals surface area contributed by atoms with Gasteiger partial charge in [-0.25, -0.2) is 9.97 Å². The maximum atomic E-state index is 10.7. The number of nitriles is 3. The maximum absolute atomic E-state index is 10.7. The molecule has 0 unspecified atom stereocenters. The minimum atomic E-state index is 0.512. The van der Waals surface area contributed by atoms with Crippen LogP contribution in [0.2, 0.25) is 0 Å². The van der Waals surface area contributed by atoms with Gasteiger partial charge in [-0.1, -0.05) is 133 Å². The van der Waals surface area contributed by atoms with E-state index in [0.29, 0.717) is 33.9 Å². The van der Waals surface area contributed by atoms with Crippen molar-refractivity contribution in [2.45, 2.75) is 0 Å². The molecule has 2 heterocycles. The first kappa shape index (κ1) is 49.0. The molecule has 13 rings (SSSR count). The number of anilines is 6. The normalized spacial score (nSPS) is 10.9. The minimum Gasteiger partial charge on any atom is -0.310 e. The molecule has 2 aromatic heterocycles. The predicted octanol–water partition coefficient (Wildman–Crippen LogP) is 18.5. The summed E-state index contributed by atoms with van der Waals surface area (Å²) in [5.41, 5.74) is 18.7. The first-order valence-corrected chi connectivity index (χ1v) is 26.5. The van der Waals surface area contributed by atoms with Crippen LogP contribution in [-0.2, 0) is 0 Å². The third-order valence-electron chi connectivity index (χ3n) is 14.7. The molecule has 378 valence electrons. The Morgan fingerprint density at radius 2 is 0.704 bits per heavy atom. The lowest BCUT2D eigenvalue weighted by molar-refractivity contribution is 1.18. The third kappa shape index (κ3) is 9.57. The molecule has 0 N–H and O–H groups in total. The second kappa shape index (κ2) is 21.4. The van der Waals surface area contributed by atoms with Gasteiger partial charge in [-0.2, -0.15) is 15.8 Å². The smallest absolute Gasteiger partial charge is 0.160 e. The average molecular weight is 1040 g/mol. The molecular formula is C73H46N8. The first-order chi connectivity index (χ1) is 40.0. The van der Waals surface area contributed by atoms with Crippen LogP contribution in [0.1, 0.15) is 16.7 Å². The predicted molar refractivity (Wildman–Crippen MR) is 327 cm³/mol. The molecule has 0 bridgehead atoms. The van der Waals surface area contributed by atoms with Crippen molar-refractivity contribution in [1.82, 2.24) is 14.5 Å². The molecule has 0 radical (unpaired) electrons. The Morgan fingerprint density at radius 1 is 0.309 bits per heavy atom. The van der Waals surface area contributed by atoms with Crippen LogP contribution in [0.15, 0.2) is 279 Å². The van der Waals surface area contributed by atoms with E-state index in [-0.39, 0.29) is 0 Å². The van der Waals surface area contributed by atoms with Crippen molar-refractivity contribution in [1.29, 1.82) is 15.8 Å². The molecule has 0 atom stereocenters. The van der Waals surface area contributed by atoms with Crippen molar-refractivity contribution >= 4 is 55.9 Å². The summed E-state index contributed by atoms with van der Waals surface area (Å²) >= 11 is 0. The largest absolute Gasteiger partial charge is 0.310 e. The highest BCUT2D eigenvalue weighted by atomic mass is 15.1. The molecule has 0 saturated heterocycles. The highest BCUT2D eigenvalue weighted by Crippen LogP contribution is 2.43. The lowest BCUT2D eigenvalue weighted by Crippen LogP contribution is -2.09. The van der Waals surface area contributed by atoms with Gasteiger partial charge in [0, 0.05) is 67.3 Å². The monoisotopic (exact) mass is 1030 g/mol. The van der Waals surface area contributed by atoms with E-state index in [1.165, 1.54) is 0 Å². The lowest BCUT2D eigenvalue weighted by atomic mass is 9.94. The summed E-state index contributed by atoms with van der Waals surface area (Å²) in [6.07, 6.45) is 0. The quantitative estimate of drug-likeness (QED) is 0.120. The maximum Gasteiger partial charge on any atom is 0.160 e. The summed E-state index contributed by atoms with van der Waals surface area (Å²) in [5.74, 6) is 0.512. The molecule has 0 aliphatic heterocycles. The van der Waals surface area contributed by atoms with Gasteiger partial charge in [0.05, 0.1) is 57.3 Å². The van der Waals surface area contributed by atoms with E-state index in [9.17, 15) is 15.8 Å². The SMILES string of the molecule is N#Cc1ccc(-c2cc(-c3ccc(-c4ccc(-c5ccc(-n6c7ccc(N(c8ccccc8)c8ccccc8)cc7c7cc(N(c8ccccc8)c8ccccc8)ccc76)cc5)cc4C#N)cc3)nc(-c3ccc(C#N)cc3)n2)cc1. The van der Waals surface area contributed by atoms with Gasteiger partial charge in [0.25, 0.3) is 0 Å². The van der Waals surface area contributed by atoms with Gasteiger partial charge in [0.15, 0.2) is 5.82 Å². The van der Waals surface area contributed by atoms with E-state index in [4.69, 9.17) is 9.97 Å². The topological polar surface area (TPSA) is 109 Å². The number of nitrogens with zero attached hydrogens (tertiary/aromatic N) is 8. The fourth-order valence-corrected chi connectivity index (χ4v) is 10.7. The second-order valence-electron chi connectivity index (χ2n) is 19.6. The molecule has 8 nitrogen and oxygen atoms in total. The van der Waals surface area contributed by atoms with Crippen LogP contribution in [0.5, 0.6) is 0 Å². The van der Waals surface area contributed by atoms with Crippen LogP contribution in [0, 0.1) is 34.0 Å². The van der Waals surface area contributed by atoms with E-state index in [0.717, 1.165) is 101 Å². The van der Waals surface area contributed by atoms with Crippen molar-refractivity contribution in [3.63, 3.8) is 0 Å². The molecule has 0 aliphatic rings. The van der Waals surface area contributed by atoms with Gasteiger partial charge in [-0.15, -0.1) is 0 Å². The zero-order chi connectivity index (χ0) is 54.7. The van der Waals surface area contributed by atoms with E-state index in [1.54, 1.807) is 24.3 Å². The lowest BCUT2D eigenvalue weighted by Gasteiger charge is -2.26. The number of hydrogen-bond donors (Lipinski definition) is 0. The molecule has 0 amide bonds. The Balaban J connectivity index is 0.855. The van der Waals surface area contributed by atoms with Crippen LogP contribution in [0.4, 0.5) is 34.1 Å². The summed E-state index contributed by atoms with van der Waals surface area (Å²) in [4.78, 5) is 14.5. The van der Waals surface area contributed by atoms with E-state index < -0.39 is 0 Å². The summed E-state index contributed by atoms with van der Waals surface area (Å²) in [7, 11) is 0.